The minimum absolute atomic E-state index is 0.121. The Morgan fingerprint density at radius 3 is 2.68 bits per heavy atom. The average molecular weight is 480 g/mol. The summed E-state index contributed by atoms with van der Waals surface area (Å²) in [7, 11) is 0. The van der Waals surface area contributed by atoms with E-state index in [-0.39, 0.29) is 18.9 Å². The first-order valence-corrected chi connectivity index (χ1v) is 10.9. The molecule has 0 spiro atoms. The molecule has 1 amide bonds. The normalized spacial score (nSPS) is 11.7. The Labute approximate surface area is 193 Å². The summed E-state index contributed by atoms with van der Waals surface area (Å²) in [5.74, 6) is -0.266. The third kappa shape index (κ3) is 6.95. The number of Topliss-reactive ketones (excluding diaryl/α,β-unsaturated/α-hetero) is 1. The van der Waals surface area contributed by atoms with Gasteiger partial charge in [-0.2, -0.15) is 4.80 Å². The molecule has 2 aromatic carbocycles. The van der Waals surface area contributed by atoms with E-state index in [4.69, 9.17) is 27.9 Å². The van der Waals surface area contributed by atoms with Crippen LogP contribution in [0.1, 0.15) is 18.9 Å². The third-order valence-electron chi connectivity index (χ3n) is 4.13. The number of hydrogen-bond donors (Lipinski definition) is 1. The summed E-state index contributed by atoms with van der Waals surface area (Å²) in [5.41, 5.74) is 0.856. The molecule has 0 fully saturated rings. The Hall–Kier alpha value is -2.62. The van der Waals surface area contributed by atoms with Gasteiger partial charge in [0.15, 0.2) is 5.78 Å². The number of hydrogen-bond acceptors (Lipinski definition) is 7. The van der Waals surface area contributed by atoms with E-state index in [0.717, 1.165) is 5.56 Å². The monoisotopic (exact) mass is 479 g/mol. The van der Waals surface area contributed by atoms with Crippen LogP contribution in [-0.4, -0.2) is 38.1 Å². The zero-order valence-corrected chi connectivity index (χ0v) is 18.8. The van der Waals surface area contributed by atoms with E-state index in [9.17, 15) is 9.59 Å². The van der Waals surface area contributed by atoms with Gasteiger partial charge in [0.1, 0.15) is 13.2 Å². The molecule has 0 radical (unpaired) electrons. The van der Waals surface area contributed by atoms with Crippen molar-refractivity contribution in [1.29, 1.82) is 0 Å². The fourth-order valence-corrected chi connectivity index (χ4v) is 3.79. The fraction of sp³-hybridized carbons (Fsp3) is 0.250. The van der Waals surface area contributed by atoms with Crippen molar-refractivity contribution in [3.63, 3.8) is 0 Å². The van der Waals surface area contributed by atoms with E-state index in [1.54, 1.807) is 25.1 Å². The standard InChI is InChI=1S/C20H19Cl2N5O3S/c1-2-16(23-20(29)30-12-13-6-4-3-5-7-13)17(28)11-27-25-19(24-26-27)31-18-9-8-14(21)10-15(18)22/h3-10,16H,2,11-12H2,1H3,(H,23,29). The molecule has 1 N–H and O–H groups in total. The minimum atomic E-state index is -0.726. The van der Waals surface area contributed by atoms with Gasteiger partial charge in [-0.3, -0.25) is 4.79 Å². The number of halogens is 2. The second kappa shape index (κ2) is 11.1. The van der Waals surface area contributed by atoms with Crippen LogP contribution in [0.3, 0.4) is 0 Å². The summed E-state index contributed by atoms with van der Waals surface area (Å²) in [5, 5.41) is 15.9. The van der Waals surface area contributed by atoms with Crippen molar-refractivity contribution in [2.45, 2.75) is 42.6 Å². The summed E-state index contributed by atoms with van der Waals surface area (Å²) in [6.45, 7) is 1.77. The Morgan fingerprint density at radius 2 is 1.97 bits per heavy atom. The Kier molecular flexibility index (Phi) is 8.27. The Balaban J connectivity index is 1.52. The molecule has 0 saturated carbocycles. The van der Waals surface area contributed by atoms with Crippen LogP contribution in [0.25, 0.3) is 0 Å². The lowest BCUT2D eigenvalue weighted by Crippen LogP contribution is -2.42. The summed E-state index contributed by atoms with van der Waals surface area (Å²) < 4.78 is 5.17. The summed E-state index contributed by atoms with van der Waals surface area (Å²) in [6, 6.07) is 13.6. The number of amides is 1. The van der Waals surface area contributed by atoms with Crippen molar-refractivity contribution in [3.8, 4) is 0 Å². The lowest BCUT2D eigenvalue weighted by atomic mass is 10.1. The van der Waals surface area contributed by atoms with Crippen LogP contribution < -0.4 is 5.32 Å². The van der Waals surface area contributed by atoms with E-state index in [1.165, 1.54) is 16.6 Å². The molecule has 11 heteroatoms. The maximum absolute atomic E-state index is 12.6. The molecule has 3 aromatic rings. The molecule has 162 valence electrons. The molecule has 3 rings (SSSR count). The van der Waals surface area contributed by atoms with Gasteiger partial charge in [0, 0.05) is 9.92 Å². The number of aromatic nitrogens is 4. The predicted octanol–water partition coefficient (Wildman–Crippen LogP) is 4.41. The third-order valence-corrected chi connectivity index (χ3v) is 5.71. The maximum atomic E-state index is 12.6. The number of tetrazole rings is 1. The molecule has 1 aromatic heterocycles. The van der Waals surface area contributed by atoms with E-state index in [2.05, 4.69) is 20.7 Å². The van der Waals surface area contributed by atoms with Crippen LogP contribution in [0.4, 0.5) is 4.79 Å². The largest absolute Gasteiger partial charge is 0.445 e. The zero-order valence-electron chi connectivity index (χ0n) is 16.5. The van der Waals surface area contributed by atoms with Gasteiger partial charge in [-0.25, -0.2) is 4.79 Å². The highest BCUT2D eigenvalue weighted by atomic mass is 35.5. The lowest BCUT2D eigenvalue weighted by molar-refractivity contribution is -0.122. The molecule has 0 aliphatic rings. The first-order chi connectivity index (χ1) is 14.9. The van der Waals surface area contributed by atoms with Gasteiger partial charge in [-0.1, -0.05) is 60.5 Å². The van der Waals surface area contributed by atoms with Crippen molar-refractivity contribution in [3.05, 3.63) is 64.1 Å². The van der Waals surface area contributed by atoms with Crippen LogP contribution in [0.15, 0.2) is 58.6 Å². The van der Waals surface area contributed by atoms with Gasteiger partial charge in [-0.15, -0.1) is 10.2 Å². The number of carbonyl (C=O) groups excluding carboxylic acids is 2. The van der Waals surface area contributed by atoms with Crippen LogP contribution >= 0.6 is 35.0 Å². The maximum Gasteiger partial charge on any atom is 0.408 e. The Bertz CT molecular complexity index is 1050. The van der Waals surface area contributed by atoms with Gasteiger partial charge >= 0.3 is 6.09 Å². The summed E-state index contributed by atoms with van der Waals surface area (Å²) in [6.07, 6.45) is -0.264. The van der Waals surface area contributed by atoms with Crippen LogP contribution in [-0.2, 0) is 22.7 Å². The second-order valence-corrected chi connectivity index (χ2v) is 8.27. The van der Waals surface area contributed by atoms with Crippen LogP contribution in [0.2, 0.25) is 10.0 Å². The smallest absolute Gasteiger partial charge is 0.408 e. The van der Waals surface area contributed by atoms with Gasteiger partial charge in [0.2, 0.25) is 5.16 Å². The van der Waals surface area contributed by atoms with Crippen LogP contribution in [0, 0.1) is 0 Å². The number of benzene rings is 2. The average Bonchev–Trinajstić information content (AvgIpc) is 3.20. The molecule has 8 nitrogen and oxygen atoms in total. The van der Waals surface area contributed by atoms with Gasteiger partial charge < -0.3 is 10.1 Å². The van der Waals surface area contributed by atoms with Gasteiger partial charge in [-0.05, 0) is 47.2 Å². The lowest BCUT2D eigenvalue weighted by Gasteiger charge is -2.15. The number of rotatable bonds is 9. The number of nitrogens with zero attached hydrogens (tertiary/aromatic N) is 4. The van der Waals surface area contributed by atoms with E-state index < -0.39 is 12.1 Å². The number of ether oxygens (including phenoxy) is 1. The molecule has 1 unspecified atom stereocenters. The topological polar surface area (TPSA) is 99.0 Å². The molecule has 0 aliphatic carbocycles. The molecular formula is C20H19Cl2N5O3S. The predicted molar refractivity (Wildman–Crippen MR) is 117 cm³/mol. The molecule has 31 heavy (non-hydrogen) atoms. The number of nitrogens with one attached hydrogen (secondary N) is 1. The van der Waals surface area contributed by atoms with Crippen molar-refractivity contribution < 1.29 is 14.3 Å². The fourth-order valence-electron chi connectivity index (χ4n) is 2.56. The molecule has 0 bridgehead atoms. The Morgan fingerprint density at radius 1 is 1.19 bits per heavy atom. The van der Waals surface area contributed by atoms with Crippen molar-refractivity contribution >= 4 is 46.8 Å². The highest BCUT2D eigenvalue weighted by Crippen LogP contribution is 2.32. The number of alkyl carbamates (subject to hydrolysis) is 1. The van der Waals surface area contributed by atoms with E-state index in [0.29, 0.717) is 26.5 Å². The second-order valence-electron chi connectivity index (χ2n) is 6.41. The SMILES string of the molecule is CCC(NC(=O)OCc1ccccc1)C(=O)Cn1nnc(Sc2ccc(Cl)cc2Cl)n1. The first-order valence-electron chi connectivity index (χ1n) is 9.35. The summed E-state index contributed by atoms with van der Waals surface area (Å²) in [4.78, 5) is 26.5. The molecule has 1 atom stereocenters. The van der Waals surface area contributed by atoms with Crippen molar-refractivity contribution in [2.75, 3.05) is 0 Å². The summed E-state index contributed by atoms with van der Waals surface area (Å²) >= 11 is 13.2. The van der Waals surface area contributed by atoms with Gasteiger partial charge in [0.05, 0.1) is 11.1 Å². The molecule has 0 saturated heterocycles. The molecule has 1 heterocycles. The number of ketones is 1. The quantitative estimate of drug-likeness (QED) is 0.485. The van der Waals surface area contributed by atoms with Crippen molar-refractivity contribution in [2.24, 2.45) is 0 Å². The van der Waals surface area contributed by atoms with Crippen LogP contribution in [0.5, 0.6) is 0 Å². The number of carbonyl (C=O) groups is 2. The van der Waals surface area contributed by atoms with Crippen molar-refractivity contribution in [1.82, 2.24) is 25.5 Å². The zero-order chi connectivity index (χ0) is 22.2. The minimum Gasteiger partial charge on any atom is -0.445 e. The molecule has 0 aliphatic heterocycles. The molecular weight excluding hydrogens is 461 g/mol. The van der Waals surface area contributed by atoms with Gasteiger partial charge in [0.25, 0.3) is 0 Å². The van der Waals surface area contributed by atoms with E-state index in [1.807, 2.05) is 30.3 Å². The first kappa shape index (κ1) is 23.1. The highest BCUT2D eigenvalue weighted by molar-refractivity contribution is 7.99. The highest BCUT2D eigenvalue weighted by Gasteiger charge is 2.21. The van der Waals surface area contributed by atoms with E-state index >= 15 is 0 Å².